The van der Waals surface area contributed by atoms with E-state index in [4.69, 9.17) is 11.6 Å². The molecule has 0 saturated heterocycles. The topological polar surface area (TPSA) is 59.0 Å². The molecular weight excluding hydrogens is 228 g/mol. The van der Waals surface area contributed by atoms with Gasteiger partial charge in [0.1, 0.15) is 5.02 Å². The van der Waals surface area contributed by atoms with Crippen LogP contribution in [0.2, 0.25) is 5.02 Å². The first-order chi connectivity index (χ1) is 7.66. The lowest BCUT2D eigenvalue weighted by atomic mass is 10.4. The van der Waals surface area contributed by atoms with Crippen molar-refractivity contribution in [2.75, 3.05) is 25.0 Å². The fourth-order valence-electron chi connectivity index (χ4n) is 1.22. The molecule has 0 bridgehead atoms. The minimum absolute atomic E-state index is 0.188. The van der Waals surface area contributed by atoms with E-state index in [1.165, 1.54) is 4.68 Å². The Morgan fingerprint density at radius 3 is 2.88 bits per heavy atom. The fraction of sp³-hybridized carbons (Fsp3) is 0.600. The minimum Gasteiger partial charge on any atom is -0.381 e. The van der Waals surface area contributed by atoms with Gasteiger partial charge in [0.15, 0.2) is 0 Å². The predicted octanol–water partition coefficient (Wildman–Crippen LogP) is 0.845. The number of aromatic nitrogens is 2. The van der Waals surface area contributed by atoms with Gasteiger partial charge in [0.2, 0.25) is 0 Å². The molecule has 1 aromatic heterocycles. The average Bonchev–Trinajstić information content (AvgIpc) is 2.28. The summed E-state index contributed by atoms with van der Waals surface area (Å²) in [4.78, 5) is 11.4. The summed E-state index contributed by atoms with van der Waals surface area (Å²) in [7, 11) is 1.57. The van der Waals surface area contributed by atoms with Gasteiger partial charge in [-0.15, -0.1) is 0 Å². The van der Waals surface area contributed by atoms with Gasteiger partial charge in [-0.2, -0.15) is 5.10 Å². The third-order valence-electron chi connectivity index (χ3n) is 2.12. The van der Waals surface area contributed by atoms with Gasteiger partial charge in [-0.25, -0.2) is 4.68 Å². The molecule has 5 nitrogen and oxygen atoms in total. The third kappa shape index (κ3) is 3.50. The zero-order valence-electron chi connectivity index (χ0n) is 9.59. The van der Waals surface area contributed by atoms with Crippen LogP contribution in [-0.4, -0.2) is 29.4 Å². The van der Waals surface area contributed by atoms with Crippen LogP contribution in [0.1, 0.15) is 13.3 Å². The Bertz CT molecular complexity index is 391. The maximum absolute atomic E-state index is 11.4. The highest BCUT2D eigenvalue weighted by atomic mass is 35.5. The molecule has 1 aromatic rings. The zero-order chi connectivity index (χ0) is 12.0. The van der Waals surface area contributed by atoms with Gasteiger partial charge in [0, 0.05) is 20.1 Å². The quantitative estimate of drug-likeness (QED) is 0.729. The maximum atomic E-state index is 11.4. The number of nitrogens with zero attached hydrogens (tertiary/aromatic N) is 2. The van der Waals surface area contributed by atoms with E-state index in [1.807, 2.05) is 0 Å². The van der Waals surface area contributed by atoms with E-state index in [0.717, 1.165) is 19.5 Å². The molecular formula is C10H17ClN4O. The highest BCUT2D eigenvalue weighted by Crippen LogP contribution is 2.13. The van der Waals surface area contributed by atoms with Gasteiger partial charge < -0.3 is 10.6 Å². The van der Waals surface area contributed by atoms with Crippen LogP contribution >= 0.6 is 11.6 Å². The molecule has 2 N–H and O–H groups in total. The molecule has 0 aliphatic heterocycles. The maximum Gasteiger partial charge on any atom is 0.287 e. The van der Waals surface area contributed by atoms with E-state index in [1.54, 1.807) is 13.2 Å². The Labute approximate surface area is 99.8 Å². The second kappa shape index (κ2) is 6.50. The van der Waals surface area contributed by atoms with Crippen molar-refractivity contribution in [3.05, 3.63) is 21.6 Å². The van der Waals surface area contributed by atoms with Gasteiger partial charge in [-0.05, 0) is 13.0 Å². The van der Waals surface area contributed by atoms with Crippen molar-refractivity contribution < 1.29 is 0 Å². The summed E-state index contributed by atoms with van der Waals surface area (Å²) in [5.74, 6) is 0. The second-order valence-corrected chi connectivity index (χ2v) is 3.86. The lowest BCUT2D eigenvalue weighted by Gasteiger charge is -2.08. The summed E-state index contributed by atoms with van der Waals surface area (Å²) in [6, 6.07) is 0. The Kier molecular flexibility index (Phi) is 5.28. The Hall–Kier alpha value is -1.07. The van der Waals surface area contributed by atoms with Crippen LogP contribution < -0.4 is 16.2 Å². The first-order valence-electron chi connectivity index (χ1n) is 5.33. The van der Waals surface area contributed by atoms with E-state index in [2.05, 4.69) is 22.7 Å². The van der Waals surface area contributed by atoms with Crippen molar-refractivity contribution in [2.45, 2.75) is 13.3 Å². The molecule has 0 aliphatic carbocycles. The van der Waals surface area contributed by atoms with E-state index in [-0.39, 0.29) is 10.6 Å². The molecule has 1 rings (SSSR count). The summed E-state index contributed by atoms with van der Waals surface area (Å²) in [5.41, 5.74) is 0.302. The molecule has 0 unspecified atom stereocenters. The smallest absolute Gasteiger partial charge is 0.287 e. The molecule has 90 valence electrons. The molecule has 0 atom stereocenters. The van der Waals surface area contributed by atoms with Gasteiger partial charge >= 0.3 is 0 Å². The van der Waals surface area contributed by atoms with E-state index < -0.39 is 0 Å². The van der Waals surface area contributed by atoms with Gasteiger partial charge in [-0.1, -0.05) is 18.5 Å². The Balaban J connectivity index is 2.49. The predicted molar refractivity (Wildman–Crippen MR) is 66.1 cm³/mol. The fourth-order valence-corrected chi connectivity index (χ4v) is 1.46. The summed E-state index contributed by atoms with van der Waals surface area (Å²) < 4.78 is 1.21. The summed E-state index contributed by atoms with van der Waals surface area (Å²) >= 11 is 5.88. The summed E-state index contributed by atoms with van der Waals surface area (Å²) in [6.07, 6.45) is 2.66. The van der Waals surface area contributed by atoms with Gasteiger partial charge in [0.05, 0.1) is 11.9 Å². The van der Waals surface area contributed by atoms with Crippen LogP contribution in [0.3, 0.4) is 0 Å². The number of halogens is 1. The molecule has 0 radical (unpaired) electrons. The van der Waals surface area contributed by atoms with Crippen molar-refractivity contribution in [1.29, 1.82) is 0 Å². The lowest BCUT2D eigenvalue weighted by molar-refractivity contribution is 0.684. The van der Waals surface area contributed by atoms with Crippen molar-refractivity contribution in [1.82, 2.24) is 15.1 Å². The van der Waals surface area contributed by atoms with Crippen LogP contribution in [0.25, 0.3) is 0 Å². The molecule has 6 heteroatoms. The van der Waals surface area contributed by atoms with Crippen LogP contribution in [0.5, 0.6) is 0 Å². The lowest BCUT2D eigenvalue weighted by Crippen LogP contribution is -2.25. The highest BCUT2D eigenvalue weighted by Gasteiger charge is 2.05. The largest absolute Gasteiger partial charge is 0.381 e. The molecule has 1 heterocycles. The van der Waals surface area contributed by atoms with E-state index in [0.29, 0.717) is 12.2 Å². The molecule has 0 aromatic carbocycles. The molecule has 0 amide bonds. The summed E-state index contributed by atoms with van der Waals surface area (Å²) in [6.45, 7) is 4.65. The molecule has 0 aliphatic rings. The van der Waals surface area contributed by atoms with Crippen molar-refractivity contribution in [2.24, 2.45) is 7.05 Å². The van der Waals surface area contributed by atoms with Crippen LogP contribution in [-0.2, 0) is 7.05 Å². The molecule has 0 spiro atoms. The highest BCUT2D eigenvalue weighted by molar-refractivity contribution is 6.32. The molecule has 0 fully saturated rings. The van der Waals surface area contributed by atoms with Crippen LogP contribution in [0, 0.1) is 0 Å². The average molecular weight is 245 g/mol. The monoisotopic (exact) mass is 244 g/mol. The normalized spacial score (nSPS) is 10.4. The van der Waals surface area contributed by atoms with Crippen LogP contribution in [0.4, 0.5) is 5.69 Å². The van der Waals surface area contributed by atoms with Crippen molar-refractivity contribution >= 4 is 17.3 Å². The second-order valence-electron chi connectivity index (χ2n) is 3.48. The molecule has 16 heavy (non-hydrogen) atoms. The molecule has 0 saturated carbocycles. The third-order valence-corrected chi connectivity index (χ3v) is 2.49. The first-order valence-corrected chi connectivity index (χ1v) is 5.71. The summed E-state index contributed by atoms with van der Waals surface area (Å²) in [5, 5.41) is 10.4. The standard InChI is InChI=1S/C10H17ClN4O/c1-3-4-12-5-6-13-8-7-14-15(2)10(16)9(8)11/h7,12-13H,3-6H2,1-2H3. The number of hydrogen-bond acceptors (Lipinski definition) is 4. The first kappa shape index (κ1) is 13.0. The van der Waals surface area contributed by atoms with Crippen LogP contribution in [0.15, 0.2) is 11.0 Å². The number of anilines is 1. The number of rotatable bonds is 6. The Morgan fingerprint density at radius 1 is 1.44 bits per heavy atom. The van der Waals surface area contributed by atoms with Crippen molar-refractivity contribution in [3.63, 3.8) is 0 Å². The SMILES string of the molecule is CCCNCCNc1cnn(C)c(=O)c1Cl. The number of aryl methyl sites for hydroxylation is 1. The van der Waals surface area contributed by atoms with E-state index in [9.17, 15) is 4.79 Å². The minimum atomic E-state index is -0.284. The van der Waals surface area contributed by atoms with Gasteiger partial charge in [0.25, 0.3) is 5.56 Å². The number of hydrogen-bond donors (Lipinski definition) is 2. The van der Waals surface area contributed by atoms with Crippen molar-refractivity contribution in [3.8, 4) is 0 Å². The number of nitrogens with one attached hydrogen (secondary N) is 2. The van der Waals surface area contributed by atoms with E-state index >= 15 is 0 Å². The van der Waals surface area contributed by atoms with Gasteiger partial charge in [-0.3, -0.25) is 4.79 Å². The zero-order valence-corrected chi connectivity index (χ0v) is 10.3. The Morgan fingerprint density at radius 2 is 2.19 bits per heavy atom.